The maximum atomic E-state index is 12.2. The van der Waals surface area contributed by atoms with Crippen LogP contribution in [0.5, 0.6) is 0 Å². The first kappa shape index (κ1) is 17.0. The highest BCUT2D eigenvalue weighted by Gasteiger charge is 2.53. The summed E-state index contributed by atoms with van der Waals surface area (Å²) >= 11 is 0. The van der Waals surface area contributed by atoms with Gasteiger partial charge in [-0.15, -0.1) is 5.10 Å². The van der Waals surface area contributed by atoms with Crippen molar-refractivity contribution < 1.29 is 14.3 Å². The Morgan fingerprint density at radius 1 is 1.35 bits per heavy atom. The van der Waals surface area contributed by atoms with Gasteiger partial charge < -0.3 is 14.4 Å². The molecule has 0 bridgehead atoms. The Morgan fingerprint density at radius 3 is 2.92 bits per heavy atom. The van der Waals surface area contributed by atoms with Crippen molar-refractivity contribution in [3.05, 3.63) is 42.0 Å². The minimum Gasteiger partial charge on any atom is -0.481 e. The van der Waals surface area contributed by atoms with Crippen molar-refractivity contribution in [1.82, 2.24) is 15.1 Å². The number of likely N-dealkylation sites (tertiary alicyclic amines) is 1. The van der Waals surface area contributed by atoms with Crippen LogP contribution in [0.15, 0.2) is 34.9 Å². The molecule has 26 heavy (non-hydrogen) atoms. The van der Waals surface area contributed by atoms with Crippen molar-refractivity contribution in [3.63, 3.8) is 0 Å². The number of hydrogen-bond donors (Lipinski definition) is 1. The summed E-state index contributed by atoms with van der Waals surface area (Å²) in [7, 11) is 0. The number of fused-ring (bicyclic) bond motifs is 1. The molecular formula is C19H24N4O3. The number of hydrogen-bond acceptors (Lipinski definition) is 6. The van der Waals surface area contributed by atoms with Crippen LogP contribution in [0.4, 0.5) is 5.82 Å². The Bertz CT molecular complexity index is 762. The molecule has 1 N–H and O–H groups in total. The van der Waals surface area contributed by atoms with Crippen molar-refractivity contribution in [2.24, 2.45) is 11.3 Å². The Balaban J connectivity index is 1.56. The third kappa shape index (κ3) is 3.07. The van der Waals surface area contributed by atoms with Crippen LogP contribution in [0.25, 0.3) is 0 Å². The van der Waals surface area contributed by atoms with E-state index in [-0.39, 0.29) is 5.92 Å². The molecule has 2 atom stereocenters. The molecule has 7 nitrogen and oxygen atoms in total. The number of aromatic nitrogens is 2. The van der Waals surface area contributed by atoms with E-state index in [0.29, 0.717) is 26.1 Å². The maximum absolute atomic E-state index is 12.2. The van der Waals surface area contributed by atoms with Crippen LogP contribution in [0.3, 0.4) is 0 Å². The lowest BCUT2D eigenvalue weighted by atomic mass is 9.75. The average molecular weight is 356 g/mol. The van der Waals surface area contributed by atoms with Gasteiger partial charge in [0, 0.05) is 32.1 Å². The van der Waals surface area contributed by atoms with Crippen LogP contribution in [0.2, 0.25) is 0 Å². The predicted octanol–water partition coefficient (Wildman–Crippen LogP) is 2.18. The number of furan rings is 1. The van der Waals surface area contributed by atoms with E-state index < -0.39 is 11.4 Å². The van der Waals surface area contributed by atoms with Crippen molar-refractivity contribution in [2.75, 3.05) is 31.1 Å². The van der Waals surface area contributed by atoms with Crippen molar-refractivity contribution >= 4 is 11.8 Å². The first-order valence-electron chi connectivity index (χ1n) is 9.10. The van der Waals surface area contributed by atoms with E-state index in [4.69, 9.17) is 4.42 Å². The second-order valence-electron chi connectivity index (χ2n) is 7.49. The lowest BCUT2D eigenvalue weighted by Crippen LogP contribution is -2.41. The van der Waals surface area contributed by atoms with Gasteiger partial charge in [-0.3, -0.25) is 9.69 Å². The zero-order valence-corrected chi connectivity index (χ0v) is 15.0. The summed E-state index contributed by atoms with van der Waals surface area (Å²) in [5.41, 5.74) is 0.188. The number of carboxylic acids is 1. The highest BCUT2D eigenvalue weighted by atomic mass is 16.4. The zero-order chi connectivity index (χ0) is 18.1. The van der Waals surface area contributed by atoms with E-state index in [1.54, 1.807) is 6.26 Å². The molecule has 2 saturated heterocycles. The molecule has 7 heteroatoms. The van der Waals surface area contributed by atoms with Crippen LogP contribution >= 0.6 is 0 Å². The summed E-state index contributed by atoms with van der Waals surface area (Å²) < 4.78 is 5.45. The van der Waals surface area contributed by atoms with E-state index in [1.165, 1.54) is 0 Å². The van der Waals surface area contributed by atoms with Crippen LogP contribution in [-0.4, -0.2) is 52.4 Å². The smallest absolute Gasteiger partial charge is 0.311 e. The zero-order valence-electron chi connectivity index (χ0n) is 15.0. The van der Waals surface area contributed by atoms with E-state index in [0.717, 1.165) is 36.8 Å². The van der Waals surface area contributed by atoms with Gasteiger partial charge in [0.25, 0.3) is 0 Å². The fourth-order valence-electron chi connectivity index (χ4n) is 4.40. The molecule has 4 heterocycles. The molecule has 0 unspecified atom stereocenters. The minimum absolute atomic E-state index is 0.0561. The Morgan fingerprint density at radius 2 is 2.23 bits per heavy atom. The van der Waals surface area contributed by atoms with Crippen molar-refractivity contribution in [3.8, 4) is 0 Å². The van der Waals surface area contributed by atoms with Gasteiger partial charge >= 0.3 is 5.97 Å². The van der Waals surface area contributed by atoms with Gasteiger partial charge in [-0.05, 0) is 44.0 Å². The van der Waals surface area contributed by atoms with Gasteiger partial charge in [0.05, 0.1) is 23.9 Å². The molecule has 0 aromatic carbocycles. The third-order valence-corrected chi connectivity index (χ3v) is 5.75. The summed E-state index contributed by atoms with van der Waals surface area (Å²) in [5.74, 6) is 1.09. The lowest BCUT2D eigenvalue weighted by molar-refractivity contribution is -0.150. The molecule has 0 aliphatic carbocycles. The number of anilines is 1. The van der Waals surface area contributed by atoms with Gasteiger partial charge in [-0.2, -0.15) is 5.10 Å². The summed E-state index contributed by atoms with van der Waals surface area (Å²) in [4.78, 5) is 16.7. The van der Waals surface area contributed by atoms with E-state index >= 15 is 0 Å². The number of rotatable bonds is 4. The molecule has 138 valence electrons. The maximum Gasteiger partial charge on any atom is 0.311 e. The monoisotopic (exact) mass is 356 g/mol. The summed E-state index contributed by atoms with van der Waals surface area (Å²) in [6.45, 7) is 5.41. The predicted molar refractivity (Wildman–Crippen MR) is 95.8 cm³/mol. The van der Waals surface area contributed by atoms with Gasteiger partial charge in [0.2, 0.25) is 0 Å². The number of nitrogens with zero attached hydrogens (tertiary/aromatic N) is 4. The molecular weight excluding hydrogens is 332 g/mol. The molecule has 0 amide bonds. The standard InChI is InChI=1S/C19H24N4O3/c1-14-5-6-17(21-20-14)23-8-3-7-19(18(24)25)13-22(10-15(19)11-23)12-16-4-2-9-26-16/h2,4-6,9,15H,3,7-8,10-13H2,1H3,(H,24,25)/t15-,19+/m1/s1. The van der Waals surface area contributed by atoms with Crippen molar-refractivity contribution in [1.29, 1.82) is 0 Å². The SMILES string of the molecule is Cc1ccc(N2CCC[C@]3(C(=O)O)CN(Cc4ccco4)C[C@@H]3C2)nn1. The average Bonchev–Trinajstić information content (AvgIpc) is 3.20. The molecule has 4 rings (SSSR count). The van der Waals surface area contributed by atoms with Gasteiger partial charge in [-0.1, -0.05) is 0 Å². The quantitative estimate of drug-likeness (QED) is 0.899. The Hall–Kier alpha value is -2.41. The Kier molecular flexibility index (Phi) is 4.40. The number of aryl methyl sites for hydroxylation is 1. The van der Waals surface area contributed by atoms with E-state index in [1.807, 2.05) is 31.2 Å². The highest BCUT2D eigenvalue weighted by Crippen LogP contribution is 2.43. The topological polar surface area (TPSA) is 82.7 Å². The normalized spacial score (nSPS) is 26.5. The lowest BCUT2D eigenvalue weighted by Gasteiger charge is -2.30. The molecule has 2 aliphatic heterocycles. The molecule has 2 aromatic rings. The molecule has 0 saturated carbocycles. The van der Waals surface area contributed by atoms with Gasteiger partial charge in [-0.25, -0.2) is 0 Å². The van der Waals surface area contributed by atoms with Crippen LogP contribution in [0, 0.1) is 18.3 Å². The molecule has 0 radical (unpaired) electrons. The largest absolute Gasteiger partial charge is 0.481 e. The van der Waals surface area contributed by atoms with Gasteiger partial charge in [0.1, 0.15) is 5.76 Å². The summed E-state index contributed by atoms with van der Waals surface area (Å²) in [6.07, 6.45) is 3.19. The molecule has 2 fully saturated rings. The number of carbonyl (C=O) groups is 1. The first-order chi connectivity index (χ1) is 12.6. The fraction of sp³-hybridized carbons (Fsp3) is 0.526. The third-order valence-electron chi connectivity index (χ3n) is 5.75. The molecule has 2 aromatic heterocycles. The second kappa shape index (κ2) is 6.72. The highest BCUT2D eigenvalue weighted by molar-refractivity contribution is 5.76. The summed E-state index contributed by atoms with van der Waals surface area (Å²) in [5, 5.41) is 18.5. The summed E-state index contributed by atoms with van der Waals surface area (Å²) in [6, 6.07) is 7.74. The van der Waals surface area contributed by atoms with Crippen LogP contribution in [-0.2, 0) is 11.3 Å². The first-order valence-corrected chi connectivity index (χ1v) is 9.10. The second-order valence-corrected chi connectivity index (χ2v) is 7.49. The minimum atomic E-state index is -0.695. The van der Waals surface area contributed by atoms with E-state index in [2.05, 4.69) is 20.0 Å². The van der Waals surface area contributed by atoms with Crippen LogP contribution < -0.4 is 4.90 Å². The van der Waals surface area contributed by atoms with Gasteiger partial charge in [0.15, 0.2) is 5.82 Å². The van der Waals surface area contributed by atoms with Crippen molar-refractivity contribution in [2.45, 2.75) is 26.3 Å². The number of aliphatic carboxylic acids is 1. The van der Waals surface area contributed by atoms with E-state index in [9.17, 15) is 9.90 Å². The molecule has 2 aliphatic rings. The Labute approximate surface area is 152 Å². The molecule has 0 spiro atoms. The number of carboxylic acid groups (broad SMARTS) is 1. The van der Waals surface area contributed by atoms with Crippen LogP contribution in [0.1, 0.15) is 24.3 Å². The fourth-order valence-corrected chi connectivity index (χ4v) is 4.40.